The highest BCUT2D eigenvalue weighted by Gasteiger charge is 2.51. The van der Waals surface area contributed by atoms with Crippen LogP contribution in [0.3, 0.4) is 0 Å². The van der Waals surface area contributed by atoms with Gasteiger partial charge in [-0.1, -0.05) is 117 Å². The van der Waals surface area contributed by atoms with E-state index in [1.807, 2.05) is 81.5 Å². The third-order valence-corrected chi connectivity index (χ3v) is 11.3. The van der Waals surface area contributed by atoms with E-state index in [-0.39, 0.29) is 62.0 Å². The Morgan fingerprint density at radius 2 is 0.972 bits per heavy atom. The summed E-state index contributed by atoms with van der Waals surface area (Å²) in [4.78, 5) is 31.1. The summed E-state index contributed by atoms with van der Waals surface area (Å²) in [5.74, 6) is -6.02. The van der Waals surface area contributed by atoms with Gasteiger partial charge in [-0.2, -0.15) is 39.5 Å². The molecule has 8 N–H and O–H groups in total. The van der Waals surface area contributed by atoms with E-state index in [1.165, 1.54) is 6.92 Å². The van der Waals surface area contributed by atoms with Crippen LogP contribution >= 0.6 is 31.9 Å². The van der Waals surface area contributed by atoms with E-state index in [4.69, 9.17) is 26.5 Å². The first kappa shape index (κ1) is 64.1. The van der Waals surface area contributed by atoms with Gasteiger partial charge >= 0.3 is 43.4 Å². The number of alkyl halides is 9. The standard InChI is InChI=1S/C15H13F3N2O.C12H18BNO2.C9H7BrF3NO.C7H8BrN.C4H5F3O2.HI/c16-15(17,18)14(21)20-9-11-3-1-2-4-13(11)10-5-7-12(19)8-6-10;1-11(2)12(3,4)16-13(15-11)9-5-7-10(14)8-6-9;10-7-4-2-1-3-6(7)5-14-8(15)9(11,12)13;8-7-4-2-1-3-6(7)5-9;1-2-9-3(8)4(5,6)7;/h1-8H,9,19H2,(H,20,21);5-8H,14H2,1-4H3;1-4H,5H2,(H,14,15);1-4H,5,9H2;2H2,1H3;1H/p-1. The highest BCUT2D eigenvalue weighted by atomic mass is 127. The number of halogens is 12. The molecule has 1 fully saturated rings. The van der Waals surface area contributed by atoms with E-state index in [9.17, 15) is 53.9 Å². The molecule has 0 unspecified atom stereocenters. The highest BCUT2D eigenvalue weighted by molar-refractivity contribution is 9.10. The van der Waals surface area contributed by atoms with E-state index < -0.39 is 36.3 Å². The van der Waals surface area contributed by atoms with Crippen LogP contribution in [-0.2, 0) is 48.1 Å². The van der Waals surface area contributed by atoms with Gasteiger partial charge in [0, 0.05) is 40.0 Å². The number of ether oxygens (including phenoxy) is 1. The van der Waals surface area contributed by atoms with Gasteiger partial charge in [-0.3, -0.25) is 9.59 Å². The van der Waals surface area contributed by atoms with Crippen molar-refractivity contribution in [3.63, 3.8) is 0 Å². The van der Waals surface area contributed by atoms with Crippen molar-refractivity contribution < 1.29 is 91.9 Å². The summed E-state index contributed by atoms with van der Waals surface area (Å²) in [6.45, 7) is 9.49. The summed E-state index contributed by atoms with van der Waals surface area (Å²) in [5.41, 5.74) is 22.4. The number of hydrogen-bond donors (Lipinski definition) is 5. The van der Waals surface area contributed by atoms with Crippen molar-refractivity contribution in [1.29, 1.82) is 0 Å². The summed E-state index contributed by atoms with van der Waals surface area (Å²) in [5, 5.41) is 3.66. The molecule has 6 rings (SSSR count). The van der Waals surface area contributed by atoms with Crippen LogP contribution in [0.4, 0.5) is 50.9 Å². The van der Waals surface area contributed by atoms with Gasteiger partial charge in [-0.15, -0.1) is 0 Å². The van der Waals surface area contributed by atoms with Crippen molar-refractivity contribution in [2.45, 2.75) is 84.0 Å². The second-order valence-electron chi connectivity index (χ2n) is 15.5. The lowest BCUT2D eigenvalue weighted by atomic mass is 9.79. The number of nitrogens with one attached hydrogen (secondary N) is 2. The number of amides is 2. The quantitative estimate of drug-likeness (QED) is 0.0350. The van der Waals surface area contributed by atoms with Gasteiger partial charge in [0.15, 0.2) is 0 Å². The molecule has 0 atom stereocenters. The van der Waals surface area contributed by atoms with Gasteiger partial charge in [0.2, 0.25) is 0 Å². The van der Waals surface area contributed by atoms with Crippen molar-refractivity contribution in [2.75, 3.05) is 18.1 Å². The molecular weight excluding hydrogens is 1200 g/mol. The molecule has 0 bridgehead atoms. The van der Waals surface area contributed by atoms with Gasteiger partial charge in [0.1, 0.15) is 0 Å². The summed E-state index contributed by atoms with van der Waals surface area (Å²) >= 11 is 6.54. The third-order valence-electron chi connectivity index (χ3n) is 9.74. The molecule has 11 nitrogen and oxygen atoms in total. The average molecular weight is 1250 g/mol. The van der Waals surface area contributed by atoms with Gasteiger partial charge in [0.25, 0.3) is 0 Å². The maximum absolute atomic E-state index is 12.2. The largest absolute Gasteiger partial charge is 1.00 e. The lowest BCUT2D eigenvalue weighted by Gasteiger charge is -2.32. The zero-order valence-electron chi connectivity index (χ0n) is 38.7. The van der Waals surface area contributed by atoms with Crippen LogP contribution in [-0.4, -0.2) is 61.2 Å². The van der Waals surface area contributed by atoms with Gasteiger partial charge in [0.05, 0.1) is 17.8 Å². The van der Waals surface area contributed by atoms with Crippen LogP contribution in [0, 0.1) is 0 Å². The molecule has 5 aromatic carbocycles. The number of benzene rings is 5. The first-order valence-corrected chi connectivity index (χ1v) is 22.3. The number of nitrogens with two attached hydrogens (primary N) is 3. The van der Waals surface area contributed by atoms with Crippen LogP contribution in [0.2, 0.25) is 0 Å². The maximum atomic E-state index is 12.2. The maximum Gasteiger partial charge on any atom is 0.494 e. The number of anilines is 2. The molecule has 0 saturated carbocycles. The lowest BCUT2D eigenvalue weighted by molar-refractivity contribution is -0.199. The monoisotopic (exact) mass is 1250 g/mol. The second kappa shape index (κ2) is 29.0. The van der Waals surface area contributed by atoms with Crippen molar-refractivity contribution in [1.82, 2.24) is 10.6 Å². The van der Waals surface area contributed by atoms with Crippen molar-refractivity contribution in [2.24, 2.45) is 5.73 Å². The summed E-state index contributed by atoms with van der Waals surface area (Å²) in [6.07, 6.45) is -14.6. The van der Waals surface area contributed by atoms with E-state index in [0.29, 0.717) is 27.8 Å². The fraction of sp³-hybridized carbons (Fsp3) is 0.298. The molecule has 1 aliphatic heterocycles. The Labute approximate surface area is 439 Å². The smallest absolute Gasteiger partial charge is 0.494 e. The number of carbonyl (C=O) groups excluding carboxylic acids is 3. The molecule has 388 valence electrons. The summed E-state index contributed by atoms with van der Waals surface area (Å²) in [6, 6.07) is 36.2. The molecular formula is C47H51BBr2F9IN5O6-. The number of rotatable bonds is 8. The number of hydrogen-bond acceptors (Lipinski definition) is 9. The Bertz CT molecular complexity index is 2440. The fourth-order valence-corrected chi connectivity index (χ4v) is 6.19. The number of esters is 1. The van der Waals surface area contributed by atoms with Gasteiger partial charge in [-0.05, 0) is 104 Å². The zero-order chi connectivity index (χ0) is 53.1. The first-order valence-electron chi connectivity index (χ1n) is 20.7. The molecule has 0 radical (unpaired) electrons. The summed E-state index contributed by atoms with van der Waals surface area (Å²) < 4.78 is 123. The fourth-order valence-electron chi connectivity index (χ4n) is 5.32. The minimum absolute atomic E-state index is 0. The lowest BCUT2D eigenvalue weighted by Crippen LogP contribution is -3.00. The minimum atomic E-state index is -4.88. The van der Waals surface area contributed by atoms with Crippen molar-refractivity contribution in [3.05, 3.63) is 147 Å². The molecule has 0 aromatic heterocycles. The predicted molar refractivity (Wildman–Crippen MR) is 258 cm³/mol. The molecule has 1 aliphatic rings. The van der Waals surface area contributed by atoms with Crippen LogP contribution in [0.15, 0.2) is 130 Å². The molecule has 71 heavy (non-hydrogen) atoms. The Morgan fingerprint density at radius 1 is 0.592 bits per heavy atom. The van der Waals surface area contributed by atoms with E-state index >= 15 is 0 Å². The number of nitrogen functional groups attached to an aromatic ring is 2. The normalized spacial score (nSPS) is 13.3. The number of carbonyl (C=O) groups is 3. The van der Waals surface area contributed by atoms with Crippen LogP contribution < -0.4 is 57.3 Å². The van der Waals surface area contributed by atoms with Crippen molar-refractivity contribution >= 4 is 73.6 Å². The van der Waals surface area contributed by atoms with Crippen LogP contribution in [0.25, 0.3) is 11.1 Å². The van der Waals surface area contributed by atoms with E-state index in [2.05, 4.69) is 36.6 Å². The molecule has 5 aromatic rings. The Morgan fingerprint density at radius 3 is 1.34 bits per heavy atom. The third kappa shape index (κ3) is 22.2. The van der Waals surface area contributed by atoms with Crippen LogP contribution in [0.5, 0.6) is 0 Å². The molecule has 1 saturated heterocycles. The second-order valence-corrected chi connectivity index (χ2v) is 17.2. The average Bonchev–Trinajstić information content (AvgIpc) is 3.51. The SMILES string of the molecule is CC1(C)OB(c2ccc(N)cc2)OC1(C)C.CCOC(=O)C(F)(F)F.NCc1ccccc1Br.Nc1ccc(-c2ccccc2CNC(=O)C(F)(F)F)cc1.O=C(NCc1ccccc1Br)C(F)(F)F.[I-]. The van der Waals surface area contributed by atoms with Crippen molar-refractivity contribution in [3.8, 4) is 11.1 Å². The Hall–Kier alpha value is -4.89. The molecule has 1 heterocycles. The van der Waals surface area contributed by atoms with Crippen LogP contribution in [0.1, 0.15) is 51.3 Å². The predicted octanol–water partition coefficient (Wildman–Crippen LogP) is 7.33. The molecule has 2 amide bonds. The van der Waals surface area contributed by atoms with Gasteiger partial charge < -0.3 is 65.9 Å². The molecule has 0 spiro atoms. The Balaban J connectivity index is 0.000000458. The zero-order valence-corrected chi connectivity index (χ0v) is 44.0. The van der Waals surface area contributed by atoms with E-state index in [1.54, 1.807) is 78.1 Å². The molecule has 0 aliphatic carbocycles. The summed E-state index contributed by atoms with van der Waals surface area (Å²) in [7, 11) is -0.300. The molecule has 24 heteroatoms. The first-order chi connectivity index (χ1) is 32.4. The highest BCUT2D eigenvalue weighted by Crippen LogP contribution is 2.36. The van der Waals surface area contributed by atoms with Gasteiger partial charge in [-0.25, -0.2) is 4.79 Å². The Kier molecular flexibility index (Phi) is 26.2. The topological polar surface area (TPSA) is 181 Å². The van der Waals surface area contributed by atoms with E-state index in [0.717, 1.165) is 32.3 Å². The minimum Gasteiger partial charge on any atom is -1.00 e.